The second kappa shape index (κ2) is 14.7. The summed E-state index contributed by atoms with van der Waals surface area (Å²) >= 11 is 0. The minimum atomic E-state index is -2.87. The minimum Gasteiger partial charge on any atom is -0.465 e. The van der Waals surface area contributed by atoms with Gasteiger partial charge in [-0.25, -0.2) is 23.5 Å². The first-order chi connectivity index (χ1) is 26.6. The van der Waals surface area contributed by atoms with Gasteiger partial charge in [-0.2, -0.15) is 0 Å². The Bertz CT molecular complexity index is 2170. The van der Waals surface area contributed by atoms with Crippen molar-refractivity contribution in [1.29, 1.82) is 0 Å². The lowest BCUT2D eigenvalue weighted by Crippen LogP contribution is -2.43. The van der Waals surface area contributed by atoms with Crippen molar-refractivity contribution in [3.05, 3.63) is 108 Å². The fraction of sp³-hybridized carbons (Fsp3) is 0.341. The number of hydrogen-bond acceptors (Lipinski definition) is 6. The van der Waals surface area contributed by atoms with E-state index in [1.165, 1.54) is 7.05 Å². The number of likely N-dealkylation sites (N-methyl/N-ethyl adjacent to an activating group) is 1. The standard InChI is InChI=1S/C41H42F2N8O4/c1-49(40(54)55)35(29-7-3-2-4-8-29)39(53)51-20-6-10-34(51)37-45-23-32(48-37)28-17-13-26(14-18-28)25-11-15-27(16-12-25)31-22-44-36(47-31)33-9-5-19-50(33)38(52)30-21-41(42,43)24-46-30/h2-4,7-8,11-18,22-23,30,33-35,46H,5-6,9-10,19-21,24H2,1H3,(H,44,47)(H,45,48)(H,54,55)/t30-,33+,34+,35-/m1/s1. The van der Waals surface area contributed by atoms with Gasteiger partial charge in [0.1, 0.15) is 17.7 Å². The van der Waals surface area contributed by atoms with Crippen LogP contribution >= 0.6 is 0 Å². The first kappa shape index (κ1) is 36.1. The molecule has 3 aromatic carbocycles. The fourth-order valence-corrected chi connectivity index (χ4v) is 8.14. The van der Waals surface area contributed by atoms with Crippen molar-refractivity contribution in [2.24, 2.45) is 0 Å². The third-order valence-electron chi connectivity index (χ3n) is 11.1. The van der Waals surface area contributed by atoms with Crippen LogP contribution in [-0.4, -0.2) is 96.3 Å². The lowest BCUT2D eigenvalue weighted by atomic mass is 10.0. The average Bonchev–Trinajstić information content (AvgIpc) is 4.05. The molecule has 3 saturated heterocycles. The van der Waals surface area contributed by atoms with Crippen LogP contribution in [-0.2, 0) is 9.59 Å². The zero-order chi connectivity index (χ0) is 38.3. The highest BCUT2D eigenvalue weighted by molar-refractivity contribution is 5.87. The van der Waals surface area contributed by atoms with Crippen molar-refractivity contribution >= 4 is 17.9 Å². The molecule has 0 radical (unpaired) electrons. The molecule has 0 unspecified atom stereocenters. The van der Waals surface area contributed by atoms with Gasteiger partial charge in [0, 0.05) is 26.6 Å². The van der Waals surface area contributed by atoms with E-state index in [9.17, 15) is 28.3 Å². The Kier molecular flexibility index (Phi) is 9.68. The number of benzene rings is 3. The summed E-state index contributed by atoms with van der Waals surface area (Å²) in [6.07, 6.45) is 4.86. The monoisotopic (exact) mass is 748 g/mol. The maximum atomic E-state index is 13.9. The summed E-state index contributed by atoms with van der Waals surface area (Å²) in [6, 6.07) is 22.7. The summed E-state index contributed by atoms with van der Waals surface area (Å²) in [5.41, 5.74) is 6.15. The summed E-state index contributed by atoms with van der Waals surface area (Å²) in [5.74, 6) is -2.13. The number of alkyl halides is 2. The van der Waals surface area contributed by atoms with Crippen LogP contribution in [0.15, 0.2) is 91.3 Å². The number of rotatable bonds is 9. The maximum absolute atomic E-state index is 13.9. The predicted octanol–water partition coefficient (Wildman–Crippen LogP) is 6.81. The Labute approximate surface area is 316 Å². The predicted molar refractivity (Wildman–Crippen MR) is 201 cm³/mol. The lowest BCUT2D eigenvalue weighted by molar-refractivity contribution is -0.137. The van der Waals surface area contributed by atoms with Gasteiger partial charge in [0.05, 0.1) is 48.5 Å². The van der Waals surface area contributed by atoms with E-state index in [0.717, 1.165) is 57.8 Å². The number of carbonyl (C=O) groups excluding carboxylic acids is 2. The van der Waals surface area contributed by atoms with Crippen LogP contribution in [0, 0.1) is 0 Å². The van der Waals surface area contributed by atoms with Gasteiger partial charge in [-0.3, -0.25) is 19.8 Å². The number of aromatic nitrogens is 4. The van der Waals surface area contributed by atoms with E-state index < -0.39 is 37.1 Å². The normalized spacial score (nSPS) is 21.2. The molecule has 14 heteroatoms. The third-order valence-corrected chi connectivity index (χ3v) is 11.1. The summed E-state index contributed by atoms with van der Waals surface area (Å²) in [6.45, 7) is 0.550. The summed E-state index contributed by atoms with van der Waals surface area (Å²) in [4.78, 5) is 59.5. The Morgan fingerprint density at radius 2 is 1.29 bits per heavy atom. The second-order valence-electron chi connectivity index (χ2n) is 14.6. The van der Waals surface area contributed by atoms with Gasteiger partial charge in [-0.1, -0.05) is 78.9 Å². The zero-order valence-electron chi connectivity index (χ0n) is 30.3. The summed E-state index contributed by atoms with van der Waals surface area (Å²) < 4.78 is 27.5. The molecule has 0 spiro atoms. The van der Waals surface area contributed by atoms with Crippen LogP contribution in [0.25, 0.3) is 33.6 Å². The number of carbonyl (C=O) groups is 3. The molecule has 4 N–H and O–H groups in total. The van der Waals surface area contributed by atoms with E-state index in [1.54, 1.807) is 46.5 Å². The molecule has 3 fully saturated rings. The number of halogens is 2. The van der Waals surface area contributed by atoms with Crippen molar-refractivity contribution in [2.75, 3.05) is 26.7 Å². The van der Waals surface area contributed by atoms with Crippen molar-refractivity contribution < 1.29 is 28.3 Å². The smallest absolute Gasteiger partial charge is 0.407 e. The van der Waals surface area contributed by atoms with Gasteiger partial charge < -0.3 is 24.9 Å². The first-order valence-corrected chi connectivity index (χ1v) is 18.6. The van der Waals surface area contributed by atoms with E-state index in [-0.39, 0.29) is 23.9 Å². The number of hydrogen-bond donors (Lipinski definition) is 4. The molecule has 284 valence electrons. The van der Waals surface area contributed by atoms with Crippen molar-refractivity contribution in [3.8, 4) is 33.6 Å². The summed E-state index contributed by atoms with van der Waals surface area (Å²) in [5, 5.41) is 12.5. The van der Waals surface area contributed by atoms with Gasteiger partial charge in [-0.05, 0) is 53.5 Å². The van der Waals surface area contributed by atoms with Crippen LogP contribution in [0.5, 0.6) is 0 Å². The van der Waals surface area contributed by atoms with Gasteiger partial charge in [0.2, 0.25) is 5.91 Å². The number of amides is 3. The van der Waals surface area contributed by atoms with E-state index >= 15 is 0 Å². The molecule has 3 amide bonds. The van der Waals surface area contributed by atoms with E-state index in [0.29, 0.717) is 36.7 Å². The SMILES string of the molecule is CN(C(=O)O)[C@@H](C(=O)N1CCC[C@H]1c1ncc(-c2ccc(-c3ccc(-c4cnc([C@@H]5CCCN5C(=O)[C@H]5CC(F)(F)CN5)[nH]4)cc3)cc2)[nH]1)c1ccccc1. The van der Waals surface area contributed by atoms with E-state index in [4.69, 9.17) is 0 Å². The van der Waals surface area contributed by atoms with Gasteiger partial charge in [0.15, 0.2) is 0 Å². The number of imidazole rings is 2. The Morgan fingerprint density at radius 1 is 0.782 bits per heavy atom. The number of nitrogens with one attached hydrogen (secondary N) is 3. The number of nitrogens with zero attached hydrogens (tertiary/aromatic N) is 5. The maximum Gasteiger partial charge on any atom is 0.407 e. The quantitative estimate of drug-likeness (QED) is 0.129. The molecule has 2 aromatic heterocycles. The van der Waals surface area contributed by atoms with Gasteiger partial charge in [0.25, 0.3) is 11.8 Å². The average molecular weight is 749 g/mol. The molecule has 0 aliphatic carbocycles. The molecular formula is C41H42F2N8O4. The van der Waals surface area contributed by atoms with Crippen LogP contribution < -0.4 is 5.32 Å². The van der Waals surface area contributed by atoms with Crippen molar-refractivity contribution in [1.82, 2.24) is 40.0 Å². The molecule has 3 aliphatic heterocycles. The number of H-pyrrole nitrogens is 2. The van der Waals surface area contributed by atoms with E-state index in [2.05, 4.69) is 25.3 Å². The van der Waals surface area contributed by atoms with Gasteiger partial charge in [-0.15, -0.1) is 0 Å². The molecule has 8 rings (SSSR count). The molecular weight excluding hydrogens is 706 g/mol. The van der Waals surface area contributed by atoms with Crippen LogP contribution in [0.2, 0.25) is 0 Å². The largest absolute Gasteiger partial charge is 0.465 e. The zero-order valence-corrected chi connectivity index (χ0v) is 30.3. The molecule has 0 bridgehead atoms. The summed E-state index contributed by atoms with van der Waals surface area (Å²) in [7, 11) is 1.42. The molecule has 55 heavy (non-hydrogen) atoms. The molecule has 5 heterocycles. The highest BCUT2D eigenvalue weighted by Crippen LogP contribution is 2.37. The molecule has 3 aliphatic rings. The van der Waals surface area contributed by atoms with Crippen LogP contribution in [0.4, 0.5) is 13.6 Å². The highest BCUT2D eigenvalue weighted by atomic mass is 19.3. The first-order valence-electron chi connectivity index (χ1n) is 18.6. The fourth-order valence-electron chi connectivity index (χ4n) is 8.14. The van der Waals surface area contributed by atoms with Crippen molar-refractivity contribution in [2.45, 2.75) is 62.2 Å². The third kappa shape index (κ3) is 7.21. The van der Waals surface area contributed by atoms with Crippen LogP contribution in [0.3, 0.4) is 0 Å². The molecule has 5 aromatic rings. The topological polar surface area (TPSA) is 151 Å². The molecule has 12 nitrogen and oxygen atoms in total. The highest BCUT2D eigenvalue weighted by Gasteiger charge is 2.46. The van der Waals surface area contributed by atoms with E-state index in [1.807, 2.05) is 54.6 Å². The number of carboxylic acid groups (broad SMARTS) is 1. The Hall–Kier alpha value is -5.89. The molecule has 0 saturated carbocycles. The minimum absolute atomic E-state index is 0.277. The number of aromatic amines is 2. The lowest BCUT2D eigenvalue weighted by Gasteiger charge is -2.32. The molecule has 4 atom stereocenters. The second-order valence-corrected chi connectivity index (χ2v) is 14.6. The Morgan fingerprint density at radius 3 is 1.80 bits per heavy atom. The van der Waals surface area contributed by atoms with Crippen molar-refractivity contribution in [3.63, 3.8) is 0 Å². The number of likely N-dealkylation sites (tertiary alicyclic amines) is 2. The Balaban J connectivity index is 0.928. The van der Waals surface area contributed by atoms with Crippen LogP contribution in [0.1, 0.15) is 67.4 Å². The van der Waals surface area contributed by atoms with Gasteiger partial charge >= 0.3 is 6.09 Å².